The van der Waals surface area contributed by atoms with E-state index in [-0.39, 0.29) is 0 Å². The Kier molecular flexibility index (Phi) is 5.83. The Bertz CT molecular complexity index is 205. The predicted molar refractivity (Wildman–Crippen MR) is 61.8 cm³/mol. The fraction of sp³-hybridized carbons (Fsp3) is 0.909. The number of carbonyl (C=O) groups is 1. The highest BCUT2D eigenvalue weighted by Crippen LogP contribution is 2.10. The zero-order chi connectivity index (χ0) is 12.1. The monoisotopic (exact) mass is 216 g/mol. The van der Waals surface area contributed by atoms with Crippen LogP contribution in [-0.4, -0.2) is 41.1 Å². The largest absolute Gasteiger partial charge is 0.480 e. The second kappa shape index (κ2) is 6.08. The number of rotatable bonds is 7. The van der Waals surface area contributed by atoms with Gasteiger partial charge in [-0.15, -0.1) is 0 Å². The van der Waals surface area contributed by atoms with Crippen molar-refractivity contribution >= 4 is 5.97 Å². The molecule has 90 valence electrons. The quantitative estimate of drug-likeness (QED) is 0.673. The van der Waals surface area contributed by atoms with Crippen LogP contribution in [0.4, 0.5) is 0 Å². The number of hydrogen-bond acceptors (Lipinski definition) is 3. The molecule has 0 radical (unpaired) electrons. The van der Waals surface area contributed by atoms with Crippen LogP contribution in [0.1, 0.15) is 40.0 Å². The van der Waals surface area contributed by atoms with Crippen LogP contribution in [0.3, 0.4) is 0 Å². The van der Waals surface area contributed by atoms with Crippen molar-refractivity contribution in [3.63, 3.8) is 0 Å². The lowest BCUT2D eigenvalue weighted by Gasteiger charge is -2.28. The average Bonchev–Trinajstić information content (AvgIpc) is 2.14. The lowest BCUT2D eigenvalue weighted by atomic mass is 9.99. The van der Waals surface area contributed by atoms with Gasteiger partial charge in [0, 0.05) is 12.6 Å². The zero-order valence-electron chi connectivity index (χ0n) is 10.3. The van der Waals surface area contributed by atoms with Crippen molar-refractivity contribution in [2.24, 2.45) is 5.73 Å². The molecule has 0 aromatic heterocycles. The maximum atomic E-state index is 10.8. The summed E-state index contributed by atoms with van der Waals surface area (Å²) in [7, 11) is 2.01. The van der Waals surface area contributed by atoms with Gasteiger partial charge in [0.25, 0.3) is 0 Å². The van der Waals surface area contributed by atoms with Crippen molar-refractivity contribution in [1.82, 2.24) is 4.90 Å². The Balaban J connectivity index is 3.99. The minimum Gasteiger partial charge on any atom is -0.480 e. The molecule has 3 N–H and O–H groups in total. The molecule has 0 spiro atoms. The number of aliphatic carboxylic acids is 1. The zero-order valence-corrected chi connectivity index (χ0v) is 10.3. The SMILES string of the molecule is CCCC(C)N(C)CCC(C)(N)C(=O)O. The highest BCUT2D eigenvalue weighted by molar-refractivity contribution is 5.77. The Labute approximate surface area is 92.4 Å². The normalized spacial score (nSPS) is 17.5. The van der Waals surface area contributed by atoms with E-state index in [1.54, 1.807) is 6.92 Å². The van der Waals surface area contributed by atoms with Crippen molar-refractivity contribution < 1.29 is 9.90 Å². The van der Waals surface area contributed by atoms with Gasteiger partial charge in [-0.2, -0.15) is 0 Å². The fourth-order valence-corrected chi connectivity index (χ4v) is 1.37. The first kappa shape index (κ1) is 14.4. The first-order valence-electron chi connectivity index (χ1n) is 5.53. The molecule has 0 amide bonds. The minimum atomic E-state index is -1.11. The van der Waals surface area contributed by atoms with Gasteiger partial charge in [0.1, 0.15) is 5.54 Å². The van der Waals surface area contributed by atoms with Crippen LogP contribution in [0.5, 0.6) is 0 Å². The molecule has 0 heterocycles. The predicted octanol–water partition coefficient (Wildman–Crippen LogP) is 1.30. The van der Waals surface area contributed by atoms with Crippen molar-refractivity contribution in [2.45, 2.75) is 51.6 Å². The van der Waals surface area contributed by atoms with E-state index < -0.39 is 11.5 Å². The lowest BCUT2D eigenvalue weighted by Crippen LogP contribution is -2.47. The molecular formula is C11H24N2O2. The molecule has 4 heteroatoms. The van der Waals surface area contributed by atoms with Crippen LogP contribution in [0, 0.1) is 0 Å². The molecule has 0 aromatic carbocycles. The van der Waals surface area contributed by atoms with Crippen LogP contribution >= 0.6 is 0 Å². The van der Waals surface area contributed by atoms with E-state index in [1.165, 1.54) is 0 Å². The average molecular weight is 216 g/mol. The molecule has 0 aliphatic heterocycles. The number of carboxylic acids is 1. The Morgan fingerprint density at radius 1 is 1.60 bits per heavy atom. The second-order valence-corrected chi connectivity index (χ2v) is 4.59. The number of nitrogens with two attached hydrogens (primary N) is 1. The summed E-state index contributed by atoms with van der Waals surface area (Å²) >= 11 is 0. The highest BCUT2D eigenvalue weighted by atomic mass is 16.4. The summed E-state index contributed by atoms with van der Waals surface area (Å²) in [5.74, 6) is -0.931. The van der Waals surface area contributed by atoms with Crippen molar-refractivity contribution in [1.29, 1.82) is 0 Å². The summed E-state index contributed by atoms with van der Waals surface area (Å²) in [5.41, 5.74) is 4.54. The number of hydrogen-bond donors (Lipinski definition) is 2. The molecule has 0 rings (SSSR count). The van der Waals surface area contributed by atoms with E-state index in [2.05, 4.69) is 18.7 Å². The molecule has 0 bridgehead atoms. The number of carboxylic acid groups (broad SMARTS) is 1. The standard InChI is InChI=1S/C11H24N2O2/c1-5-6-9(2)13(4)8-7-11(3,12)10(14)15/h9H,5-8,12H2,1-4H3,(H,14,15). The van der Waals surface area contributed by atoms with Crippen molar-refractivity contribution in [3.05, 3.63) is 0 Å². The topological polar surface area (TPSA) is 66.6 Å². The van der Waals surface area contributed by atoms with Gasteiger partial charge in [0.15, 0.2) is 0 Å². The van der Waals surface area contributed by atoms with Crippen molar-refractivity contribution in [3.8, 4) is 0 Å². The molecule has 0 saturated carbocycles. The molecule has 2 unspecified atom stereocenters. The van der Waals surface area contributed by atoms with Gasteiger partial charge in [-0.3, -0.25) is 4.79 Å². The molecule has 0 aromatic rings. The Morgan fingerprint density at radius 3 is 2.53 bits per heavy atom. The number of nitrogens with zero attached hydrogens (tertiary/aromatic N) is 1. The van der Waals surface area contributed by atoms with E-state index in [0.717, 1.165) is 19.4 Å². The summed E-state index contributed by atoms with van der Waals surface area (Å²) in [5, 5.41) is 8.85. The van der Waals surface area contributed by atoms with Gasteiger partial charge in [-0.05, 0) is 33.7 Å². The summed E-state index contributed by atoms with van der Waals surface area (Å²) < 4.78 is 0. The third-order valence-electron chi connectivity index (χ3n) is 2.93. The van der Waals surface area contributed by atoms with Gasteiger partial charge in [-0.1, -0.05) is 13.3 Å². The molecule has 0 aliphatic carbocycles. The fourth-order valence-electron chi connectivity index (χ4n) is 1.37. The molecule has 0 fully saturated rings. The maximum Gasteiger partial charge on any atom is 0.323 e. The summed E-state index contributed by atoms with van der Waals surface area (Å²) in [6.07, 6.45) is 2.75. The van der Waals surface area contributed by atoms with Gasteiger partial charge in [0.2, 0.25) is 0 Å². The van der Waals surface area contributed by atoms with Gasteiger partial charge >= 0.3 is 5.97 Å². The van der Waals surface area contributed by atoms with Gasteiger partial charge < -0.3 is 15.7 Å². The van der Waals surface area contributed by atoms with Gasteiger partial charge in [-0.25, -0.2) is 0 Å². The summed E-state index contributed by atoms with van der Waals surface area (Å²) in [6, 6.07) is 0.486. The molecule has 4 nitrogen and oxygen atoms in total. The molecule has 0 aliphatic rings. The molecule has 15 heavy (non-hydrogen) atoms. The van der Waals surface area contributed by atoms with Crippen LogP contribution in [0.2, 0.25) is 0 Å². The highest BCUT2D eigenvalue weighted by Gasteiger charge is 2.28. The third-order valence-corrected chi connectivity index (χ3v) is 2.93. The minimum absolute atomic E-state index is 0.479. The Hall–Kier alpha value is -0.610. The van der Waals surface area contributed by atoms with Crippen LogP contribution in [0.25, 0.3) is 0 Å². The lowest BCUT2D eigenvalue weighted by molar-refractivity contribution is -0.143. The maximum absolute atomic E-state index is 10.8. The first-order valence-corrected chi connectivity index (χ1v) is 5.53. The van der Waals surface area contributed by atoms with E-state index in [9.17, 15) is 4.79 Å². The smallest absolute Gasteiger partial charge is 0.323 e. The van der Waals surface area contributed by atoms with Crippen molar-refractivity contribution in [2.75, 3.05) is 13.6 Å². The Morgan fingerprint density at radius 2 is 2.13 bits per heavy atom. The third kappa shape index (κ3) is 5.14. The van der Waals surface area contributed by atoms with E-state index in [1.807, 2.05) is 7.05 Å². The molecular weight excluding hydrogens is 192 g/mol. The van der Waals surface area contributed by atoms with Gasteiger partial charge in [0.05, 0.1) is 0 Å². The summed E-state index contributed by atoms with van der Waals surface area (Å²) in [6.45, 7) is 6.58. The van der Waals surface area contributed by atoms with E-state index >= 15 is 0 Å². The molecule has 0 saturated heterocycles. The summed E-state index contributed by atoms with van der Waals surface area (Å²) in [4.78, 5) is 12.9. The second-order valence-electron chi connectivity index (χ2n) is 4.59. The molecule has 2 atom stereocenters. The van der Waals surface area contributed by atoms with E-state index in [0.29, 0.717) is 12.5 Å². The van der Waals surface area contributed by atoms with E-state index in [4.69, 9.17) is 10.8 Å². The van der Waals surface area contributed by atoms with Crippen LogP contribution in [0.15, 0.2) is 0 Å². The first-order chi connectivity index (χ1) is 6.81. The van der Waals surface area contributed by atoms with Crippen LogP contribution in [-0.2, 0) is 4.79 Å². The van der Waals surface area contributed by atoms with Crippen LogP contribution < -0.4 is 5.73 Å².